The number of imide groups is 1. The molecule has 1 aromatic heterocycles. The maximum atomic E-state index is 17.1. The van der Waals surface area contributed by atoms with E-state index in [-0.39, 0.29) is 66.3 Å². The summed E-state index contributed by atoms with van der Waals surface area (Å²) in [5.74, 6) is -6.16. The molecular weight excluding hydrogens is 1080 g/mol. The molecule has 3 amide bonds. The number of rotatable bonds is 26. The zero-order chi connectivity index (χ0) is 57.7. The van der Waals surface area contributed by atoms with Gasteiger partial charge in [-0.2, -0.15) is 16.8 Å². The summed E-state index contributed by atoms with van der Waals surface area (Å²) in [5, 5.41) is 12.3. The second-order valence-electron chi connectivity index (χ2n) is 19.6. The van der Waals surface area contributed by atoms with Gasteiger partial charge in [-0.1, -0.05) is 35.4 Å². The van der Waals surface area contributed by atoms with Gasteiger partial charge in [0.15, 0.2) is 22.4 Å². The third-order valence-electron chi connectivity index (χ3n) is 12.8. The Morgan fingerprint density at radius 2 is 1.69 bits per heavy atom. The molecule has 0 saturated carbocycles. The number of ether oxygens (including phenoxy) is 4. The van der Waals surface area contributed by atoms with Crippen LogP contribution in [0.2, 0.25) is 0 Å². The van der Waals surface area contributed by atoms with E-state index in [1.807, 2.05) is 6.07 Å². The lowest BCUT2D eigenvalue weighted by Gasteiger charge is -2.31. The van der Waals surface area contributed by atoms with Gasteiger partial charge in [0.05, 0.1) is 64.9 Å². The molecular formula is C48H61BF2N7O18S2+. The van der Waals surface area contributed by atoms with E-state index >= 15 is 8.63 Å². The quantitative estimate of drug-likeness (QED) is 0.0169. The maximum absolute atomic E-state index is 17.1. The first-order valence-corrected chi connectivity index (χ1v) is 27.4. The van der Waals surface area contributed by atoms with Gasteiger partial charge in [0, 0.05) is 61.5 Å². The number of nitro benzene ring substituents is 1. The Morgan fingerprint density at radius 1 is 1.01 bits per heavy atom. The van der Waals surface area contributed by atoms with Gasteiger partial charge < -0.3 is 46.3 Å². The van der Waals surface area contributed by atoms with E-state index in [0.29, 0.717) is 33.4 Å². The van der Waals surface area contributed by atoms with Gasteiger partial charge in [-0.05, 0) is 50.6 Å². The highest BCUT2D eigenvalue weighted by Crippen LogP contribution is 2.42. The number of carbonyl (C=O) groups excluding carboxylic acids is 5. The molecule has 0 aliphatic carbocycles. The summed E-state index contributed by atoms with van der Waals surface area (Å²) in [4.78, 5) is 81.4. The summed E-state index contributed by atoms with van der Waals surface area (Å²) >= 11 is 0. The number of amides is 3. The number of hydrogen-bond acceptors (Lipinski definition) is 18. The monoisotopic (exact) mass is 1140 g/mol. The Hall–Kier alpha value is -7.12. The highest BCUT2D eigenvalue weighted by molar-refractivity contribution is 7.88. The standard InChI is InChI=1S/C48H60BF2N7O18S2/c1-30-23-34(54-37(30)26-39-33(15-12-20-58(4,5)6)24-38(55(39)49(54,50)51)32-13-10-9-11-14-32)16-17-44(59)52-36(29-77(66,67)68)47(62)74-22-19-53(3)18-21-73-42-27-40(57(64)65)35(25-41(42)71-7)31(2)75-48(63)76-56-45(60)28-43(46(56)61)78(69,70)72-8/h9-11,13-14,23-27,31,36,43H,12,15-22,28-29H2,1-8H3,(H-,52,59,66,67,68)/p+1. The minimum atomic E-state index is -4.87. The number of nitrogens with zero attached hydrogens (tertiary/aromatic N) is 6. The van der Waals surface area contributed by atoms with Crippen LogP contribution in [0, 0.1) is 10.1 Å². The Kier molecular flexibility index (Phi) is 18.7. The van der Waals surface area contributed by atoms with Crippen LogP contribution in [0.1, 0.15) is 62.5 Å². The molecule has 2 N–H and O–H groups in total. The number of halogens is 2. The second kappa shape index (κ2) is 24.3. The number of hydrogen-bond donors (Lipinski definition) is 2. The highest BCUT2D eigenvalue weighted by Gasteiger charge is 2.54. The number of fused-ring (bicyclic) bond motifs is 2. The first-order valence-electron chi connectivity index (χ1n) is 24.3. The largest absolute Gasteiger partial charge is 0.737 e. The number of nitro groups is 1. The van der Waals surface area contributed by atoms with Crippen molar-refractivity contribution in [3.05, 3.63) is 92.8 Å². The van der Waals surface area contributed by atoms with Crippen LogP contribution >= 0.6 is 0 Å². The minimum absolute atomic E-state index is 0.00124. The molecule has 3 atom stereocenters. The van der Waals surface area contributed by atoms with E-state index in [9.17, 15) is 55.5 Å². The van der Waals surface area contributed by atoms with E-state index in [1.165, 1.54) is 14.0 Å². The van der Waals surface area contributed by atoms with Crippen molar-refractivity contribution in [1.29, 1.82) is 0 Å². The summed E-state index contributed by atoms with van der Waals surface area (Å²) in [5.41, 5.74) is 2.19. The summed E-state index contributed by atoms with van der Waals surface area (Å²) in [6.45, 7) is -1.22. The number of allylic oxidation sites excluding steroid dienone is 2. The summed E-state index contributed by atoms with van der Waals surface area (Å²) in [6, 6.07) is 10.9. The molecule has 3 aliphatic heterocycles. The molecule has 0 spiro atoms. The molecule has 3 aliphatic rings. The van der Waals surface area contributed by atoms with Gasteiger partial charge >= 0.3 is 19.1 Å². The van der Waals surface area contributed by atoms with Crippen LogP contribution in [-0.2, 0) is 64.3 Å². The normalized spacial score (nSPS) is 17.0. The molecule has 1 fully saturated rings. The van der Waals surface area contributed by atoms with Crippen molar-refractivity contribution >= 4 is 74.5 Å². The fourth-order valence-electron chi connectivity index (χ4n) is 8.95. The molecule has 424 valence electrons. The molecule has 25 nitrogen and oxygen atoms in total. The number of likely N-dealkylation sites (N-methyl/N-ethyl adjacent to an activating group) is 1. The lowest BCUT2D eigenvalue weighted by atomic mass is 9.88. The average molecular weight is 1140 g/mol. The van der Waals surface area contributed by atoms with Crippen LogP contribution in [-0.4, -0.2) is 185 Å². The van der Waals surface area contributed by atoms with Crippen molar-refractivity contribution in [3.63, 3.8) is 0 Å². The molecule has 1 saturated heterocycles. The lowest BCUT2D eigenvalue weighted by molar-refractivity contribution is -0.870. The summed E-state index contributed by atoms with van der Waals surface area (Å²) in [7, 11) is 0.364. The number of nitrogens with one attached hydrogen (secondary N) is 1. The Bertz CT molecular complexity index is 3180. The Morgan fingerprint density at radius 3 is 2.32 bits per heavy atom. The van der Waals surface area contributed by atoms with Crippen molar-refractivity contribution < 1.29 is 95.9 Å². The van der Waals surface area contributed by atoms with E-state index in [2.05, 4.69) is 35.5 Å². The van der Waals surface area contributed by atoms with E-state index < -0.39 is 104 Å². The van der Waals surface area contributed by atoms with Gasteiger partial charge in [0.25, 0.3) is 37.7 Å². The van der Waals surface area contributed by atoms with E-state index in [1.54, 1.807) is 61.4 Å². The van der Waals surface area contributed by atoms with E-state index in [0.717, 1.165) is 46.7 Å². The van der Waals surface area contributed by atoms with Crippen LogP contribution in [0.4, 0.5) is 19.1 Å². The molecule has 3 aromatic rings. The molecule has 4 heterocycles. The first kappa shape index (κ1) is 60.1. The first-order chi connectivity index (χ1) is 36.5. The van der Waals surface area contributed by atoms with Crippen LogP contribution in [0.5, 0.6) is 11.5 Å². The fraction of sp³-hybridized carbons (Fsp3) is 0.458. The lowest BCUT2D eigenvalue weighted by Crippen LogP contribution is -2.51. The number of quaternary nitrogens is 1. The van der Waals surface area contributed by atoms with Crippen molar-refractivity contribution in [1.82, 2.24) is 19.8 Å². The average Bonchev–Trinajstić information content (AvgIpc) is 4.05. The summed E-state index contributed by atoms with van der Waals surface area (Å²) in [6.07, 6.45) is -0.102. The number of hydroxylamine groups is 2. The van der Waals surface area contributed by atoms with Crippen molar-refractivity contribution in [2.24, 2.45) is 0 Å². The number of benzene rings is 2. The Labute approximate surface area is 448 Å². The van der Waals surface area contributed by atoms with Crippen LogP contribution in [0.3, 0.4) is 0 Å². The zero-order valence-electron chi connectivity index (χ0n) is 44.0. The van der Waals surface area contributed by atoms with Crippen molar-refractivity contribution in [2.45, 2.75) is 63.3 Å². The number of aromatic nitrogens is 1. The summed E-state index contributed by atoms with van der Waals surface area (Å²) < 4.78 is 120. The minimum Gasteiger partial charge on any atom is -0.493 e. The SMILES string of the molecule is COc1cc(C(C)OC(=O)ON2C(=O)CC(S(=O)(=O)OC)C2=O)c([N+](=O)[O-])cc1OCCN(C)CCOC(=O)C(CS(=O)(=O)O)NC(=O)CCC1=[N+]2C(=Cc3c(CCC[N+](C)(C)C)cc(-c4ccccc4)n3[B-]2(F)F)C(C)=C1. The number of aryl methyl sites for hydroxylation is 1. The molecule has 3 unspecified atom stereocenters. The van der Waals surface area contributed by atoms with Gasteiger partial charge in [-0.25, -0.2) is 9.59 Å². The van der Waals surface area contributed by atoms with Crippen molar-refractivity contribution in [2.75, 3.05) is 81.0 Å². The molecule has 0 radical (unpaired) electrons. The number of carbonyl (C=O) groups is 5. The second-order valence-corrected chi connectivity index (χ2v) is 23.0. The van der Waals surface area contributed by atoms with Crippen LogP contribution in [0.25, 0.3) is 17.3 Å². The zero-order valence-corrected chi connectivity index (χ0v) is 45.6. The predicted octanol–water partition coefficient (Wildman–Crippen LogP) is 3.64. The third kappa shape index (κ3) is 14.3. The Balaban J connectivity index is 1.04. The predicted molar refractivity (Wildman–Crippen MR) is 275 cm³/mol. The van der Waals surface area contributed by atoms with Gasteiger partial charge in [-0.3, -0.25) is 43.0 Å². The maximum Gasteiger partial charge on any atom is 0.737 e. The third-order valence-corrected chi connectivity index (χ3v) is 15.1. The van der Waals surface area contributed by atoms with Crippen LogP contribution in [0.15, 0.2) is 65.9 Å². The molecule has 2 aromatic carbocycles. The van der Waals surface area contributed by atoms with Crippen LogP contribution < -0.4 is 14.8 Å². The number of esters is 1. The van der Waals surface area contributed by atoms with Gasteiger partial charge in [0.2, 0.25) is 5.91 Å². The molecule has 30 heteroatoms. The van der Waals surface area contributed by atoms with E-state index in [4.69, 9.17) is 18.9 Å². The molecule has 78 heavy (non-hydrogen) atoms. The fourth-order valence-corrected chi connectivity index (χ4v) is 10.5. The highest BCUT2D eigenvalue weighted by atomic mass is 32.2. The van der Waals surface area contributed by atoms with Gasteiger partial charge in [0.1, 0.15) is 36.8 Å². The van der Waals surface area contributed by atoms with Gasteiger partial charge in [-0.15, -0.1) is 0 Å². The smallest absolute Gasteiger partial charge is 0.493 e. The topological polar surface area (TPSA) is 299 Å². The molecule has 0 bridgehead atoms. The number of methoxy groups -OCH3 is 1. The van der Waals surface area contributed by atoms with Crippen molar-refractivity contribution in [3.8, 4) is 22.8 Å². The molecule has 6 rings (SSSR count).